The Labute approximate surface area is 276 Å². The Hall–Kier alpha value is -2.44. The third-order valence-corrected chi connectivity index (χ3v) is 9.81. The second-order valence-corrected chi connectivity index (χ2v) is 14.4. The second-order valence-electron chi connectivity index (χ2n) is 12.6. The number of sulfonamides is 1. The summed E-state index contributed by atoms with van der Waals surface area (Å²) < 4.78 is 51.5. The van der Waals surface area contributed by atoms with E-state index in [2.05, 4.69) is 18.7 Å². The molecule has 1 fully saturated rings. The highest BCUT2D eigenvalue weighted by Gasteiger charge is 2.46. The molecule has 0 aliphatic heterocycles. The molecule has 0 spiro atoms. The molecule has 2 aromatic rings. The Morgan fingerprint density at radius 1 is 0.957 bits per heavy atom. The van der Waals surface area contributed by atoms with Gasteiger partial charge in [-0.2, -0.15) is 4.31 Å². The number of halogens is 2. The third kappa shape index (κ3) is 15.4. The van der Waals surface area contributed by atoms with Crippen LogP contribution in [0.5, 0.6) is 0 Å². The molecule has 2 N–H and O–H groups in total. The summed E-state index contributed by atoms with van der Waals surface area (Å²) in [5.41, 5.74) is 1.59. The van der Waals surface area contributed by atoms with E-state index in [0.29, 0.717) is 17.0 Å². The molecule has 11 heteroatoms. The van der Waals surface area contributed by atoms with Crippen LogP contribution in [-0.2, 0) is 19.7 Å². The lowest BCUT2D eigenvalue weighted by atomic mass is 10.0. The first-order valence-corrected chi connectivity index (χ1v) is 17.4. The van der Waals surface area contributed by atoms with Gasteiger partial charge in [0.2, 0.25) is 15.9 Å². The van der Waals surface area contributed by atoms with Crippen LogP contribution in [0.3, 0.4) is 0 Å². The SMILES string of the molecule is CCCC(C)N(C(C)C)S(=O)(=O)c1ccc(C)cc1.CCCC(CO)CN(C)C(=O)C1(C)CC1.COO.Cc1cc(F)cc(F)c1. The minimum absolute atomic E-state index is 0.0244. The predicted molar refractivity (Wildman–Crippen MR) is 181 cm³/mol. The van der Waals surface area contributed by atoms with Gasteiger partial charge in [-0.15, -0.1) is 0 Å². The molecule has 0 aromatic heterocycles. The molecule has 1 saturated carbocycles. The Morgan fingerprint density at radius 2 is 1.43 bits per heavy atom. The molecular weight excluding hydrogens is 614 g/mol. The van der Waals surface area contributed by atoms with Gasteiger partial charge >= 0.3 is 0 Å². The number of aliphatic hydroxyl groups excluding tert-OH is 1. The van der Waals surface area contributed by atoms with Crippen LogP contribution in [0.4, 0.5) is 8.78 Å². The van der Waals surface area contributed by atoms with E-state index in [9.17, 15) is 22.0 Å². The summed E-state index contributed by atoms with van der Waals surface area (Å²) in [6.45, 7) is 16.5. The van der Waals surface area contributed by atoms with Gasteiger partial charge < -0.3 is 10.0 Å². The minimum atomic E-state index is -3.41. The van der Waals surface area contributed by atoms with Gasteiger partial charge in [-0.05, 0) is 96.0 Å². The van der Waals surface area contributed by atoms with Crippen molar-refractivity contribution in [2.45, 2.75) is 111 Å². The average molecular weight is 673 g/mol. The van der Waals surface area contributed by atoms with Crippen LogP contribution < -0.4 is 0 Å². The normalized spacial score (nSPS) is 14.5. The number of hydrogen-bond donors (Lipinski definition) is 2. The van der Waals surface area contributed by atoms with E-state index >= 15 is 0 Å². The number of nitrogens with zero attached hydrogens (tertiary/aromatic N) is 2. The van der Waals surface area contributed by atoms with Crippen molar-refractivity contribution in [2.75, 3.05) is 27.3 Å². The molecule has 0 heterocycles. The largest absolute Gasteiger partial charge is 0.396 e. The topological polar surface area (TPSA) is 107 Å². The zero-order valence-corrected chi connectivity index (χ0v) is 30.3. The molecule has 2 aromatic carbocycles. The lowest BCUT2D eigenvalue weighted by Crippen LogP contribution is -2.43. The van der Waals surface area contributed by atoms with Crippen molar-refractivity contribution in [3.8, 4) is 0 Å². The van der Waals surface area contributed by atoms with Gasteiger partial charge in [-0.1, -0.05) is 51.3 Å². The van der Waals surface area contributed by atoms with Crippen molar-refractivity contribution in [1.29, 1.82) is 0 Å². The molecule has 3 rings (SSSR count). The van der Waals surface area contributed by atoms with E-state index in [0.717, 1.165) is 50.2 Å². The summed E-state index contributed by atoms with van der Waals surface area (Å²) in [4.78, 5) is 17.4. The highest BCUT2D eigenvalue weighted by molar-refractivity contribution is 7.89. The summed E-state index contributed by atoms with van der Waals surface area (Å²) in [6.07, 6.45) is 5.95. The first kappa shape index (κ1) is 43.6. The molecular formula is C35H58F2N2O6S. The Morgan fingerprint density at radius 3 is 1.80 bits per heavy atom. The number of aliphatic hydroxyl groups is 1. The van der Waals surface area contributed by atoms with Crippen LogP contribution in [-0.4, -0.2) is 73.3 Å². The van der Waals surface area contributed by atoms with Crippen molar-refractivity contribution in [3.63, 3.8) is 0 Å². The Balaban J connectivity index is 0.000000665. The van der Waals surface area contributed by atoms with Crippen LogP contribution in [0.1, 0.15) is 91.2 Å². The smallest absolute Gasteiger partial charge is 0.243 e. The lowest BCUT2D eigenvalue weighted by Gasteiger charge is -2.31. The van der Waals surface area contributed by atoms with Gasteiger partial charge in [-0.3, -0.25) is 10.1 Å². The molecule has 46 heavy (non-hydrogen) atoms. The molecule has 2 atom stereocenters. The van der Waals surface area contributed by atoms with Gasteiger partial charge in [-0.25, -0.2) is 22.1 Å². The molecule has 1 aliphatic carbocycles. The van der Waals surface area contributed by atoms with Crippen molar-refractivity contribution in [2.24, 2.45) is 11.3 Å². The van der Waals surface area contributed by atoms with Gasteiger partial charge in [0.1, 0.15) is 11.6 Å². The summed E-state index contributed by atoms with van der Waals surface area (Å²) in [5.74, 6) is -0.552. The summed E-state index contributed by atoms with van der Waals surface area (Å²) in [7, 11) is -0.373. The number of benzene rings is 2. The fourth-order valence-corrected chi connectivity index (χ4v) is 6.93. The highest BCUT2D eigenvalue weighted by atomic mass is 32.2. The Kier molecular flexibility index (Phi) is 20.3. The van der Waals surface area contributed by atoms with Gasteiger partial charge in [0.25, 0.3) is 0 Å². The van der Waals surface area contributed by atoms with Gasteiger partial charge in [0.15, 0.2) is 0 Å². The molecule has 1 amide bonds. The average Bonchev–Trinajstić information content (AvgIpc) is 3.71. The van der Waals surface area contributed by atoms with E-state index < -0.39 is 21.7 Å². The summed E-state index contributed by atoms with van der Waals surface area (Å²) >= 11 is 0. The van der Waals surface area contributed by atoms with E-state index in [4.69, 9.17) is 10.4 Å². The quantitative estimate of drug-likeness (QED) is 0.178. The number of rotatable bonds is 12. The monoisotopic (exact) mass is 672 g/mol. The van der Waals surface area contributed by atoms with Gasteiger partial charge in [0.05, 0.1) is 12.0 Å². The van der Waals surface area contributed by atoms with E-state index in [-0.39, 0.29) is 35.9 Å². The molecule has 8 nitrogen and oxygen atoms in total. The van der Waals surface area contributed by atoms with Crippen molar-refractivity contribution in [1.82, 2.24) is 9.21 Å². The Bertz CT molecular complexity index is 1200. The highest BCUT2D eigenvalue weighted by Crippen LogP contribution is 2.46. The second kappa shape index (κ2) is 21.4. The molecule has 264 valence electrons. The maximum Gasteiger partial charge on any atom is 0.243 e. The standard InChI is InChI=1S/C15H25NO2S.C12H23NO2.C7H6F2.CH4O2/c1-6-7-14(5)16(12(2)3)19(17,18)15-10-8-13(4)9-11-15;1-4-5-10(9-14)8-13(3)11(15)12(2)6-7-12;1-5-2-6(8)4-7(9)3-5;1-3-2/h8-12,14H,6-7H2,1-5H3;10,14H,4-9H2,1-3H3;2-4H,1H3;2H,1H3. The maximum atomic E-state index is 12.7. The first-order valence-electron chi connectivity index (χ1n) is 16.0. The zero-order valence-electron chi connectivity index (χ0n) is 29.5. The van der Waals surface area contributed by atoms with Crippen LogP contribution in [0.25, 0.3) is 0 Å². The molecule has 0 bridgehead atoms. The van der Waals surface area contributed by atoms with Crippen molar-refractivity contribution < 1.29 is 37.2 Å². The van der Waals surface area contributed by atoms with Crippen LogP contribution >= 0.6 is 0 Å². The number of carbonyl (C=O) groups excluding carboxylic acids is 1. The maximum absolute atomic E-state index is 12.7. The molecule has 0 radical (unpaired) electrons. The predicted octanol–water partition coefficient (Wildman–Crippen LogP) is 7.62. The van der Waals surface area contributed by atoms with Crippen LogP contribution in [0.15, 0.2) is 47.4 Å². The van der Waals surface area contributed by atoms with E-state index in [1.54, 1.807) is 28.3 Å². The lowest BCUT2D eigenvalue weighted by molar-refractivity contribution is -0.214. The number of carbonyl (C=O) groups is 1. The van der Waals surface area contributed by atoms with Gasteiger partial charge in [0, 0.05) is 43.8 Å². The summed E-state index contributed by atoms with van der Waals surface area (Å²) in [5, 5.41) is 16.2. The molecule has 1 aliphatic rings. The van der Waals surface area contributed by atoms with Crippen molar-refractivity contribution >= 4 is 15.9 Å². The number of hydrogen-bond acceptors (Lipinski definition) is 6. The molecule has 2 unspecified atom stereocenters. The van der Waals surface area contributed by atoms with Crippen LogP contribution in [0, 0.1) is 36.8 Å². The number of amides is 1. The fourth-order valence-electron chi connectivity index (χ4n) is 5.07. The van der Waals surface area contributed by atoms with Crippen molar-refractivity contribution in [3.05, 3.63) is 65.2 Å². The minimum Gasteiger partial charge on any atom is -0.396 e. The molecule has 0 saturated heterocycles. The van der Waals surface area contributed by atoms with Crippen LogP contribution in [0.2, 0.25) is 0 Å². The third-order valence-electron chi connectivity index (χ3n) is 7.60. The zero-order chi connectivity index (χ0) is 35.7. The number of aryl methyl sites for hydroxylation is 2. The fraction of sp³-hybridized carbons (Fsp3) is 0.629. The summed E-state index contributed by atoms with van der Waals surface area (Å²) in [6, 6.07) is 10.5. The first-order chi connectivity index (χ1) is 21.4. The van der Waals surface area contributed by atoms with E-state index in [1.807, 2.05) is 53.8 Å². The van der Waals surface area contributed by atoms with E-state index in [1.165, 1.54) is 19.2 Å².